The van der Waals surface area contributed by atoms with Crippen LogP contribution >= 0.6 is 11.6 Å². The van der Waals surface area contributed by atoms with Crippen LogP contribution in [0.4, 0.5) is 0 Å². The fraction of sp³-hybridized carbons (Fsp3) is 0.550. The summed E-state index contributed by atoms with van der Waals surface area (Å²) in [6.07, 6.45) is 2.89. The topological polar surface area (TPSA) is 77.9 Å². The summed E-state index contributed by atoms with van der Waals surface area (Å²) in [5, 5.41) is 9.79. The van der Waals surface area contributed by atoms with Crippen molar-refractivity contribution in [3.63, 3.8) is 0 Å². The molecule has 27 heavy (non-hydrogen) atoms. The molecule has 2 unspecified atom stereocenters. The van der Waals surface area contributed by atoms with E-state index >= 15 is 0 Å². The molecule has 1 aliphatic heterocycles. The van der Waals surface area contributed by atoms with Gasteiger partial charge in [0, 0.05) is 37.1 Å². The van der Waals surface area contributed by atoms with Crippen molar-refractivity contribution in [3.05, 3.63) is 34.9 Å². The standard InChI is InChI=1S/C20H25ClN2O4/c21-17-7-2-1-4-14(17)13-18(24)22-8-10-23(11-9-22)19(25)15-5-3-6-16(12-15)20(26)27/h1-2,4,7,15-16H,3,5-6,8-13H2,(H,26,27). The van der Waals surface area contributed by atoms with E-state index in [0.29, 0.717) is 44.0 Å². The Kier molecular flexibility index (Phi) is 6.37. The van der Waals surface area contributed by atoms with E-state index in [4.69, 9.17) is 11.6 Å². The van der Waals surface area contributed by atoms with Gasteiger partial charge in [-0.1, -0.05) is 36.2 Å². The summed E-state index contributed by atoms with van der Waals surface area (Å²) in [4.78, 5) is 40.0. The molecule has 1 aromatic rings. The van der Waals surface area contributed by atoms with Crippen LogP contribution in [0.2, 0.25) is 5.02 Å². The van der Waals surface area contributed by atoms with E-state index in [-0.39, 0.29) is 24.2 Å². The number of hydrogen-bond acceptors (Lipinski definition) is 3. The molecule has 1 heterocycles. The Morgan fingerprint density at radius 1 is 1.00 bits per heavy atom. The van der Waals surface area contributed by atoms with E-state index < -0.39 is 11.9 Å². The molecule has 2 fully saturated rings. The lowest BCUT2D eigenvalue weighted by atomic mass is 9.80. The zero-order valence-electron chi connectivity index (χ0n) is 15.3. The zero-order chi connectivity index (χ0) is 19.4. The third kappa shape index (κ3) is 4.80. The van der Waals surface area contributed by atoms with Crippen LogP contribution in [-0.2, 0) is 20.8 Å². The first kappa shape index (κ1) is 19.7. The van der Waals surface area contributed by atoms with Gasteiger partial charge >= 0.3 is 5.97 Å². The summed E-state index contributed by atoms with van der Waals surface area (Å²) >= 11 is 6.13. The number of carbonyl (C=O) groups excluding carboxylic acids is 2. The molecule has 2 aliphatic rings. The lowest BCUT2D eigenvalue weighted by Gasteiger charge is -2.37. The van der Waals surface area contributed by atoms with Gasteiger partial charge in [-0.15, -0.1) is 0 Å². The lowest BCUT2D eigenvalue weighted by molar-refractivity contribution is -0.147. The van der Waals surface area contributed by atoms with Crippen LogP contribution in [0.25, 0.3) is 0 Å². The van der Waals surface area contributed by atoms with Crippen LogP contribution in [-0.4, -0.2) is 58.9 Å². The highest BCUT2D eigenvalue weighted by Gasteiger charge is 2.34. The molecule has 1 saturated heterocycles. The molecule has 2 atom stereocenters. The number of hydrogen-bond donors (Lipinski definition) is 1. The average molecular weight is 393 g/mol. The highest BCUT2D eigenvalue weighted by atomic mass is 35.5. The molecular weight excluding hydrogens is 368 g/mol. The molecule has 2 amide bonds. The largest absolute Gasteiger partial charge is 0.481 e. The highest BCUT2D eigenvalue weighted by molar-refractivity contribution is 6.31. The summed E-state index contributed by atoms with van der Waals surface area (Å²) < 4.78 is 0. The number of carboxylic acid groups (broad SMARTS) is 1. The predicted octanol–water partition coefficient (Wildman–Crippen LogP) is 2.44. The van der Waals surface area contributed by atoms with Gasteiger partial charge < -0.3 is 14.9 Å². The molecule has 1 N–H and O–H groups in total. The Balaban J connectivity index is 1.51. The van der Waals surface area contributed by atoms with Gasteiger partial charge in [0.1, 0.15) is 0 Å². The van der Waals surface area contributed by atoms with Gasteiger partial charge in [0.15, 0.2) is 0 Å². The number of carbonyl (C=O) groups is 3. The number of carboxylic acids is 1. The number of piperazine rings is 1. The minimum absolute atomic E-state index is 0.0128. The summed E-state index contributed by atoms with van der Waals surface area (Å²) in [6, 6.07) is 7.32. The van der Waals surface area contributed by atoms with Crippen molar-refractivity contribution in [2.24, 2.45) is 11.8 Å². The molecule has 146 valence electrons. The summed E-state index contributed by atoms with van der Waals surface area (Å²) in [5.41, 5.74) is 0.810. The minimum atomic E-state index is -0.803. The lowest BCUT2D eigenvalue weighted by Crippen LogP contribution is -2.52. The van der Waals surface area contributed by atoms with Crippen LogP contribution in [0.5, 0.6) is 0 Å². The van der Waals surface area contributed by atoms with E-state index in [9.17, 15) is 19.5 Å². The first-order valence-electron chi connectivity index (χ1n) is 9.48. The predicted molar refractivity (Wildman–Crippen MR) is 101 cm³/mol. The van der Waals surface area contributed by atoms with Crippen molar-refractivity contribution in [1.29, 1.82) is 0 Å². The molecule has 0 spiro atoms. The minimum Gasteiger partial charge on any atom is -0.481 e. The van der Waals surface area contributed by atoms with Crippen LogP contribution in [0.1, 0.15) is 31.2 Å². The van der Waals surface area contributed by atoms with Gasteiger partial charge in [0.2, 0.25) is 11.8 Å². The fourth-order valence-corrected chi connectivity index (χ4v) is 4.19. The van der Waals surface area contributed by atoms with Gasteiger partial charge in [-0.3, -0.25) is 14.4 Å². The van der Waals surface area contributed by atoms with Crippen molar-refractivity contribution in [2.75, 3.05) is 26.2 Å². The molecule has 0 bridgehead atoms. The van der Waals surface area contributed by atoms with Crippen molar-refractivity contribution in [3.8, 4) is 0 Å². The fourth-order valence-electron chi connectivity index (χ4n) is 3.99. The maximum absolute atomic E-state index is 12.7. The molecule has 7 heteroatoms. The number of benzene rings is 1. The van der Waals surface area contributed by atoms with Crippen LogP contribution in [0, 0.1) is 11.8 Å². The molecule has 1 aliphatic carbocycles. The van der Waals surface area contributed by atoms with Gasteiger partial charge in [0.25, 0.3) is 0 Å². The first-order chi connectivity index (χ1) is 13.0. The second kappa shape index (κ2) is 8.74. The quantitative estimate of drug-likeness (QED) is 0.853. The summed E-state index contributed by atoms with van der Waals surface area (Å²) in [7, 11) is 0. The summed E-state index contributed by atoms with van der Waals surface area (Å²) in [5.74, 6) is -1.36. The first-order valence-corrected chi connectivity index (χ1v) is 9.86. The Morgan fingerprint density at radius 2 is 1.63 bits per heavy atom. The SMILES string of the molecule is O=C(O)C1CCCC(C(=O)N2CCN(C(=O)Cc3ccccc3Cl)CC2)C1. The monoisotopic (exact) mass is 392 g/mol. The van der Waals surface area contributed by atoms with Gasteiger partial charge in [-0.25, -0.2) is 0 Å². The van der Waals surface area contributed by atoms with E-state index in [1.807, 2.05) is 18.2 Å². The van der Waals surface area contributed by atoms with Crippen LogP contribution in [0.15, 0.2) is 24.3 Å². The average Bonchev–Trinajstić information content (AvgIpc) is 2.69. The van der Waals surface area contributed by atoms with Crippen molar-refractivity contribution in [1.82, 2.24) is 9.80 Å². The Labute approximate surface area is 164 Å². The van der Waals surface area contributed by atoms with Crippen molar-refractivity contribution in [2.45, 2.75) is 32.1 Å². The molecule has 3 rings (SSSR count). The Morgan fingerprint density at radius 3 is 2.30 bits per heavy atom. The number of halogens is 1. The summed E-state index contributed by atoms with van der Waals surface area (Å²) in [6.45, 7) is 2.01. The van der Waals surface area contributed by atoms with Gasteiger partial charge in [-0.05, 0) is 30.9 Å². The maximum Gasteiger partial charge on any atom is 0.306 e. The zero-order valence-corrected chi connectivity index (χ0v) is 16.0. The number of aliphatic carboxylic acids is 1. The molecule has 0 aromatic heterocycles. The van der Waals surface area contributed by atoms with Crippen molar-refractivity contribution < 1.29 is 19.5 Å². The van der Waals surface area contributed by atoms with E-state index in [2.05, 4.69) is 0 Å². The second-order valence-electron chi connectivity index (χ2n) is 7.37. The number of amides is 2. The van der Waals surface area contributed by atoms with Crippen molar-refractivity contribution >= 4 is 29.4 Å². The maximum atomic E-state index is 12.7. The van der Waals surface area contributed by atoms with Crippen LogP contribution < -0.4 is 0 Å². The third-order valence-corrected chi connectivity index (χ3v) is 5.98. The molecule has 1 saturated carbocycles. The van der Waals surface area contributed by atoms with E-state index in [0.717, 1.165) is 18.4 Å². The smallest absolute Gasteiger partial charge is 0.306 e. The molecule has 1 aromatic carbocycles. The van der Waals surface area contributed by atoms with Crippen LogP contribution in [0.3, 0.4) is 0 Å². The third-order valence-electron chi connectivity index (χ3n) is 5.62. The van der Waals surface area contributed by atoms with Gasteiger partial charge in [0.05, 0.1) is 12.3 Å². The second-order valence-corrected chi connectivity index (χ2v) is 7.78. The molecule has 0 radical (unpaired) electrons. The van der Waals surface area contributed by atoms with E-state index in [1.54, 1.807) is 15.9 Å². The Hall–Kier alpha value is -2.08. The Bertz CT molecular complexity index is 716. The molecular formula is C20H25ClN2O4. The molecule has 6 nitrogen and oxygen atoms in total. The number of nitrogens with zero attached hydrogens (tertiary/aromatic N) is 2. The highest BCUT2D eigenvalue weighted by Crippen LogP contribution is 2.30. The number of rotatable bonds is 4. The normalized spacial score (nSPS) is 23.1. The van der Waals surface area contributed by atoms with E-state index in [1.165, 1.54) is 0 Å². The van der Waals surface area contributed by atoms with Gasteiger partial charge in [-0.2, -0.15) is 0 Å².